The lowest BCUT2D eigenvalue weighted by Gasteiger charge is -2.18. The maximum Gasteiger partial charge on any atom is 0.406 e. The van der Waals surface area contributed by atoms with E-state index in [1.807, 2.05) is 0 Å². The Morgan fingerprint density at radius 3 is 2.76 bits per heavy atom. The maximum atomic E-state index is 12.5. The number of halogens is 3. The van der Waals surface area contributed by atoms with Crippen LogP contribution in [0.1, 0.15) is 5.82 Å². The number of benzene rings is 1. The maximum absolute atomic E-state index is 12.5. The summed E-state index contributed by atoms with van der Waals surface area (Å²) in [7, 11) is 3.13. The van der Waals surface area contributed by atoms with Crippen molar-refractivity contribution in [3.05, 3.63) is 42.5 Å². The van der Waals surface area contributed by atoms with Gasteiger partial charge in [0.25, 0.3) is 0 Å². The van der Waals surface area contributed by atoms with Gasteiger partial charge in [-0.15, -0.1) is 0 Å². The SMILES string of the molecule is COc1ccccc1NC(=O)CN(C)Cc1nccn1CC(F)(F)F. The summed E-state index contributed by atoms with van der Waals surface area (Å²) >= 11 is 0. The lowest BCUT2D eigenvalue weighted by molar-refractivity contribution is -0.141. The molecule has 136 valence electrons. The molecule has 9 heteroatoms. The Hall–Kier alpha value is -2.55. The number of alkyl halides is 3. The van der Waals surface area contributed by atoms with Gasteiger partial charge in [-0.3, -0.25) is 9.69 Å². The van der Waals surface area contributed by atoms with Crippen LogP contribution in [0, 0.1) is 0 Å². The van der Waals surface area contributed by atoms with Gasteiger partial charge in [-0.1, -0.05) is 12.1 Å². The second kappa shape index (κ2) is 8.02. The van der Waals surface area contributed by atoms with Crippen LogP contribution >= 0.6 is 0 Å². The van der Waals surface area contributed by atoms with E-state index in [0.717, 1.165) is 4.57 Å². The average molecular weight is 356 g/mol. The predicted molar refractivity (Wildman–Crippen MR) is 86.2 cm³/mol. The number of amides is 1. The summed E-state index contributed by atoms with van der Waals surface area (Å²) in [5.74, 6) is 0.463. The van der Waals surface area contributed by atoms with Crippen molar-refractivity contribution in [3.8, 4) is 5.75 Å². The van der Waals surface area contributed by atoms with E-state index in [1.54, 1.807) is 36.2 Å². The molecule has 25 heavy (non-hydrogen) atoms. The van der Waals surface area contributed by atoms with Crippen molar-refractivity contribution in [2.75, 3.05) is 26.0 Å². The minimum absolute atomic E-state index is 0.00305. The Labute approximate surface area is 143 Å². The molecule has 0 aliphatic carbocycles. The third-order valence-corrected chi connectivity index (χ3v) is 3.36. The summed E-state index contributed by atoms with van der Waals surface area (Å²) in [5, 5.41) is 2.71. The summed E-state index contributed by atoms with van der Waals surface area (Å²) < 4.78 is 43.7. The predicted octanol–water partition coefficient (Wildman–Crippen LogP) is 2.52. The van der Waals surface area contributed by atoms with Crippen molar-refractivity contribution in [2.45, 2.75) is 19.3 Å². The van der Waals surface area contributed by atoms with Crippen molar-refractivity contribution < 1.29 is 22.7 Å². The van der Waals surface area contributed by atoms with Crippen molar-refractivity contribution >= 4 is 11.6 Å². The van der Waals surface area contributed by atoms with E-state index in [9.17, 15) is 18.0 Å². The van der Waals surface area contributed by atoms with Crippen LogP contribution in [-0.2, 0) is 17.9 Å². The molecule has 0 spiro atoms. The van der Waals surface area contributed by atoms with Crippen molar-refractivity contribution in [1.82, 2.24) is 14.5 Å². The highest BCUT2D eigenvalue weighted by Gasteiger charge is 2.29. The molecular formula is C16H19F3N4O2. The zero-order valence-electron chi connectivity index (χ0n) is 13.9. The minimum atomic E-state index is -4.32. The number of imidazole rings is 1. The lowest BCUT2D eigenvalue weighted by Crippen LogP contribution is -2.31. The molecule has 0 unspecified atom stereocenters. The Morgan fingerprint density at radius 2 is 2.08 bits per heavy atom. The fraction of sp³-hybridized carbons (Fsp3) is 0.375. The Balaban J connectivity index is 1.93. The molecule has 2 rings (SSSR count). The first-order chi connectivity index (χ1) is 11.8. The van der Waals surface area contributed by atoms with Gasteiger partial charge in [0.2, 0.25) is 5.91 Å². The van der Waals surface area contributed by atoms with Crippen LogP contribution in [0.3, 0.4) is 0 Å². The van der Waals surface area contributed by atoms with Crippen LogP contribution in [0.2, 0.25) is 0 Å². The molecule has 6 nitrogen and oxygen atoms in total. The summed E-state index contributed by atoms with van der Waals surface area (Å²) in [6, 6.07) is 6.96. The number of nitrogens with zero attached hydrogens (tertiary/aromatic N) is 3. The number of nitrogens with one attached hydrogen (secondary N) is 1. The van der Waals surface area contributed by atoms with Crippen molar-refractivity contribution in [3.63, 3.8) is 0 Å². The standard InChI is InChI=1S/C16H19F3N4O2/c1-22(9-14-20-7-8-23(14)11-16(17,18)19)10-15(24)21-12-5-3-4-6-13(12)25-2/h3-8H,9-11H2,1-2H3,(H,21,24). The molecule has 0 fully saturated rings. The van der Waals surface area contributed by atoms with E-state index in [1.165, 1.54) is 19.5 Å². The molecule has 0 bridgehead atoms. The number of methoxy groups -OCH3 is 1. The summed E-state index contributed by atoms with van der Waals surface area (Å²) in [6.07, 6.45) is -1.75. The number of anilines is 1. The van der Waals surface area contributed by atoms with Crippen LogP contribution in [0.15, 0.2) is 36.7 Å². The number of hydrogen-bond donors (Lipinski definition) is 1. The zero-order chi connectivity index (χ0) is 18.4. The molecule has 1 heterocycles. The van der Waals surface area contributed by atoms with E-state index >= 15 is 0 Å². The lowest BCUT2D eigenvalue weighted by atomic mass is 10.3. The molecule has 2 aromatic rings. The van der Waals surface area contributed by atoms with Gasteiger partial charge < -0.3 is 14.6 Å². The van der Waals surface area contributed by atoms with E-state index in [4.69, 9.17) is 4.74 Å². The summed E-state index contributed by atoms with van der Waals surface area (Å²) in [6.45, 7) is -0.997. The highest BCUT2D eigenvalue weighted by atomic mass is 19.4. The third-order valence-electron chi connectivity index (χ3n) is 3.36. The van der Waals surface area contributed by atoms with Gasteiger partial charge in [-0.2, -0.15) is 13.2 Å². The van der Waals surface area contributed by atoms with E-state index < -0.39 is 12.7 Å². The largest absolute Gasteiger partial charge is 0.495 e. The number of rotatable bonds is 7. The first-order valence-electron chi connectivity index (χ1n) is 7.46. The normalized spacial score (nSPS) is 11.6. The Morgan fingerprint density at radius 1 is 1.36 bits per heavy atom. The number of aromatic nitrogens is 2. The van der Waals surface area contributed by atoms with Gasteiger partial charge in [-0.05, 0) is 19.2 Å². The molecule has 1 aromatic heterocycles. The second-order valence-electron chi connectivity index (χ2n) is 5.51. The van der Waals surface area contributed by atoms with Gasteiger partial charge in [0.05, 0.1) is 25.9 Å². The van der Waals surface area contributed by atoms with Gasteiger partial charge in [0.1, 0.15) is 18.1 Å². The van der Waals surface area contributed by atoms with Gasteiger partial charge in [0.15, 0.2) is 0 Å². The molecular weight excluding hydrogens is 337 g/mol. The molecule has 1 N–H and O–H groups in total. The van der Waals surface area contributed by atoms with E-state index in [0.29, 0.717) is 11.4 Å². The quantitative estimate of drug-likeness (QED) is 0.828. The van der Waals surface area contributed by atoms with E-state index in [2.05, 4.69) is 10.3 Å². The highest BCUT2D eigenvalue weighted by Crippen LogP contribution is 2.23. The molecule has 0 atom stereocenters. The fourth-order valence-corrected chi connectivity index (χ4v) is 2.31. The molecule has 0 radical (unpaired) electrons. The number of para-hydroxylation sites is 2. The fourth-order valence-electron chi connectivity index (χ4n) is 2.31. The molecule has 0 aliphatic heterocycles. The summed E-state index contributed by atoms with van der Waals surface area (Å²) in [5.41, 5.74) is 0.530. The highest BCUT2D eigenvalue weighted by molar-refractivity contribution is 5.93. The molecule has 1 aromatic carbocycles. The van der Waals surface area contributed by atoms with Crippen molar-refractivity contribution in [1.29, 1.82) is 0 Å². The molecule has 0 aliphatic rings. The van der Waals surface area contributed by atoms with Gasteiger partial charge in [0, 0.05) is 12.4 Å². The number of ether oxygens (including phenoxy) is 1. The van der Waals surface area contributed by atoms with Crippen LogP contribution in [0.25, 0.3) is 0 Å². The number of carbonyl (C=O) groups excluding carboxylic acids is 1. The van der Waals surface area contributed by atoms with Crippen molar-refractivity contribution in [2.24, 2.45) is 0 Å². The Bertz CT molecular complexity index is 715. The Kier molecular flexibility index (Phi) is 6.02. The summed E-state index contributed by atoms with van der Waals surface area (Å²) in [4.78, 5) is 17.6. The van der Waals surface area contributed by atoms with Gasteiger partial charge in [-0.25, -0.2) is 4.98 Å². The first-order valence-corrected chi connectivity index (χ1v) is 7.46. The number of hydrogen-bond acceptors (Lipinski definition) is 4. The zero-order valence-corrected chi connectivity index (χ0v) is 13.9. The minimum Gasteiger partial charge on any atom is -0.495 e. The number of carbonyl (C=O) groups is 1. The molecule has 0 saturated carbocycles. The third kappa shape index (κ3) is 5.79. The molecule has 0 saturated heterocycles. The smallest absolute Gasteiger partial charge is 0.406 e. The monoisotopic (exact) mass is 356 g/mol. The second-order valence-corrected chi connectivity index (χ2v) is 5.51. The first kappa shape index (κ1) is 18.8. The number of likely N-dealkylation sites (N-methyl/N-ethyl adjacent to an activating group) is 1. The van der Waals surface area contributed by atoms with Gasteiger partial charge >= 0.3 is 6.18 Å². The van der Waals surface area contributed by atoms with Crippen LogP contribution in [0.5, 0.6) is 5.75 Å². The topological polar surface area (TPSA) is 59.4 Å². The van der Waals surface area contributed by atoms with Crippen LogP contribution in [0.4, 0.5) is 18.9 Å². The van der Waals surface area contributed by atoms with Crippen LogP contribution < -0.4 is 10.1 Å². The van der Waals surface area contributed by atoms with Crippen LogP contribution in [-0.4, -0.2) is 47.2 Å². The van der Waals surface area contributed by atoms with E-state index in [-0.39, 0.29) is 24.8 Å². The molecule has 1 amide bonds. The average Bonchev–Trinajstić information content (AvgIpc) is 2.92.